The fourth-order valence-electron chi connectivity index (χ4n) is 3.31. The smallest absolute Gasteiger partial charge is 0.232 e. The Labute approximate surface area is 163 Å². The number of hydrogen-bond donors (Lipinski definition) is 0. The van der Waals surface area contributed by atoms with E-state index in [-0.39, 0.29) is 11.8 Å². The molecule has 0 aliphatic carbocycles. The van der Waals surface area contributed by atoms with Crippen molar-refractivity contribution in [1.82, 2.24) is 10.1 Å². The van der Waals surface area contributed by atoms with Crippen LogP contribution in [0.4, 0.5) is 11.4 Å². The van der Waals surface area contributed by atoms with Gasteiger partial charge in [0.2, 0.25) is 17.6 Å². The Morgan fingerprint density at radius 2 is 1.82 bits per heavy atom. The van der Waals surface area contributed by atoms with Crippen molar-refractivity contribution < 1.29 is 14.1 Å². The van der Waals surface area contributed by atoms with Gasteiger partial charge in [0.1, 0.15) is 5.75 Å². The van der Waals surface area contributed by atoms with Crippen molar-refractivity contribution in [2.24, 2.45) is 0 Å². The summed E-state index contributed by atoms with van der Waals surface area (Å²) in [5.74, 6) is 1.72. The maximum Gasteiger partial charge on any atom is 0.232 e. The van der Waals surface area contributed by atoms with E-state index in [1.807, 2.05) is 67.5 Å². The number of hydrogen-bond acceptors (Lipinski definition) is 6. The SMILES string of the molecule is COc1ccc(N2C[C@H](c3nc(-c4ccc(N(C)C)cc4)no3)CC2=O)cc1. The molecule has 0 N–H and O–H groups in total. The summed E-state index contributed by atoms with van der Waals surface area (Å²) in [7, 11) is 5.60. The number of anilines is 2. The van der Waals surface area contributed by atoms with Gasteiger partial charge in [-0.2, -0.15) is 4.98 Å². The quantitative estimate of drug-likeness (QED) is 0.678. The molecule has 1 aliphatic heterocycles. The zero-order valence-corrected chi connectivity index (χ0v) is 16.1. The highest BCUT2D eigenvalue weighted by Crippen LogP contribution is 2.32. The van der Waals surface area contributed by atoms with Crippen LogP contribution in [0.5, 0.6) is 5.75 Å². The van der Waals surface area contributed by atoms with Gasteiger partial charge in [-0.15, -0.1) is 0 Å². The summed E-state index contributed by atoms with van der Waals surface area (Å²) in [5, 5.41) is 4.10. The highest BCUT2D eigenvalue weighted by Gasteiger charge is 2.35. The molecular formula is C21H22N4O3. The molecule has 2 heterocycles. The zero-order valence-electron chi connectivity index (χ0n) is 16.1. The summed E-state index contributed by atoms with van der Waals surface area (Å²) in [6, 6.07) is 15.4. The Balaban J connectivity index is 1.50. The average Bonchev–Trinajstić information content (AvgIpc) is 3.35. The van der Waals surface area contributed by atoms with Crippen LogP contribution in [-0.2, 0) is 4.79 Å². The number of aromatic nitrogens is 2. The Hall–Kier alpha value is -3.35. The van der Waals surface area contributed by atoms with Gasteiger partial charge in [0.15, 0.2) is 0 Å². The minimum atomic E-state index is -0.114. The van der Waals surface area contributed by atoms with E-state index in [2.05, 4.69) is 10.1 Å². The molecule has 1 aliphatic rings. The van der Waals surface area contributed by atoms with Gasteiger partial charge in [-0.3, -0.25) is 4.79 Å². The predicted molar refractivity (Wildman–Crippen MR) is 107 cm³/mol. The molecule has 0 saturated carbocycles. The monoisotopic (exact) mass is 378 g/mol. The molecule has 1 amide bonds. The van der Waals surface area contributed by atoms with E-state index in [0.29, 0.717) is 24.7 Å². The Kier molecular flexibility index (Phi) is 4.73. The van der Waals surface area contributed by atoms with Crippen molar-refractivity contribution in [2.45, 2.75) is 12.3 Å². The summed E-state index contributed by atoms with van der Waals surface area (Å²) >= 11 is 0. The first-order chi connectivity index (χ1) is 13.5. The summed E-state index contributed by atoms with van der Waals surface area (Å²) in [4.78, 5) is 20.8. The Morgan fingerprint density at radius 1 is 1.11 bits per heavy atom. The summed E-state index contributed by atoms with van der Waals surface area (Å²) in [5.41, 5.74) is 2.83. The van der Waals surface area contributed by atoms with Gasteiger partial charge in [0.05, 0.1) is 13.0 Å². The van der Waals surface area contributed by atoms with Gasteiger partial charge in [-0.1, -0.05) is 5.16 Å². The van der Waals surface area contributed by atoms with Crippen molar-refractivity contribution in [1.29, 1.82) is 0 Å². The topological polar surface area (TPSA) is 71.7 Å². The van der Waals surface area contributed by atoms with Crippen LogP contribution < -0.4 is 14.5 Å². The molecule has 1 fully saturated rings. The second-order valence-corrected chi connectivity index (χ2v) is 7.00. The van der Waals surface area contributed by atoms with Gasteiger partial charge in [-0.05, 0) is 48.5 Å². The molecule has 1 aromatic heterocycles. The molecule has 3 aromatic rings. The normalized spacial score (nSPS) is 16.5. The number of carbonyl (C=O) groups is 1. The van der Waals surface area contributed by atoms with Crippen LogP contribution in [-0.4, -0.2) is 43.8 Å². The van der Waals surface area contributed by atoms with Crippen LogP contribution in [0, 0.1) is 0 Å². The first-order valence-electron chi connectivity index (χ1n) is 9.11. The van der Waals surface area contributed by atoms with E-state index >= 15 is 0 Å². The molecular weight excluding hydrogens is 356 g/mol. The second kappa shape index (κ2) is 7.34. The van der Waals surface area contributed by atoms with E-state index in [1.165, 1.54) is 0 Å². The van der Waals surface area contributed by atoms with Crippen LogP contribution in [0.1, 0.15) is 18.2 Å². The Bertz CT molecular complexity index is 964. The van der Waals surface area contributed by atoms with Crippen LogP contribution in [0.2, 0.25) is 0 Å². The lowest BCUT2D eigenvalue weighted by Crippen LogP contribution is -2.24. The zero-order chi connectivity index (χ0) is 19.7. The molecule has 7 heteroatoms. The van der Waals surface area contributed by atoms with Crippen LogP contribution in [0.3, 0.4) is 0 Å². The molecule has 144 valence electrons. The number of carbonyl (C=O) groups excluding carboxylic acids is 1. The number of methoxy groups -OCH3 is 1. The lowest BCUT2D eigenvalue weighted by molar-refractivity contribution is -0.117. The van der Waals surface area contributed by atoms with Crippen LogP contribution in [0.25, 0.3) is 11.4 Å². The molecule has 0 spiro atoms. The molecule has 0 radical (unpaired) electrons. The highest BCUT2D eigenvalue weighted by molar-refractivity contribution is 5.96. The fourth-order valence-corrected chi connectivity index (χ4v) is 3.31. The van der Waals surface area contributed by atoms with Crippen LogP contribution >= 0.6 is 0 Å². The molecule has 0 unspecified atom stereocenters. The van der Waals surface area contributed by atoms with E-state index in [9.17, 15) is 4.79 Å². The van der Waals surface area contributed by atoms with Gasteiger partial charge in [-0.25, -0.2) is 0 Å². The van der Waals surface area contributed by atoms with Gasteiger partial charge in [0.25, 0.3) is 0 Å². The first kappa shape index (κ1) is 18.0. The van der Waals surface area contributed by atoms with Gasteiger partial charge < -0.3 is 19.1 Å². The van der Waals surface area contributed by atoms with E-state index in [1.54, 1.807) is 12.0 Å². The third-order valence-corrected chi connectivity index (χ3v) is 4.94. The van der Waals surface area contributed by atoms with E-state index in [4.69, 9.17) is 9.26 Å². The summed E-state index contributed by atoms with van der Waals surface area (Å²) in [6.45, 7) is 0.520. The summed E-state index contributed by atoms with van der Waals surface area (Å²) < 4.78 is 10.7. The molecule has 4 rings (SSSR count). The minimum Gasteiger partial charge on any atom is -0.497 e. The predicted octanol–water partition coefficient (Wildman–Crippen LogP) is 3.33. The third kappa shape index (κ3) is 3.43. The molecule has 0 bridgehead atoms. The average molecular weight is 378 g/mol. The van der Waals surface area contributed by atoms with Crippen molar-refractivity contribution in [2.75, 3.05) is 37.5 Å². The first-order valence-corrected chi connectivity index (χ1v) is 9.11. The maximum atomic E-state index is 12.5. The number of ether oxygens (including phenoxy) is 1. The molecule has 7 nitrogen and oxygen atoms in total. The Morgan fingerprint density at radius 3 is 2.46 bits per heavy atom. The van der Waals surface area contributed by atoms with Crippen molar-refractivity contribution in [3.05, 3.63) is 54.4 Å². The number of benzene rings is 2. The molecule has 28 heavy (non-hydrogen) atoms. The van der Waals surface area contributed by atoms with Crippen molar-refractivity contribution >= 4 is 17.3 Å². The van der Waals surface area contributed by atoms with Gasteiger partial charge >= 0.3 is 0 Å². The standard InChI is InChI=1S/C21H22N4O3/c1-24(2)16-6-4-14(5-7-16)20-22-21(28-23-20)15-12-19(26)25(13-15)17-8-10-18(27-3)11-9-17/h4-11,15H,12-13H2,1-3H3/t15-/m1/s1. The maximum absolute atomic E-state index is 12.5. The van der Waals surface area contributed by atoms with Crippen molar-refractivity contribution in [3.8, 4) is 17.1 Å². The number of rotatable bonds is 5. The molecule has 1 atom stereocenters. The number of nitrogens with zero attached hydrogens (tertiary/aromatic N) is 4. The van der Waals surface area contributed by atoms with Gasteiger partial charge in [0, 0.05) is 44.0 Å². The minimum absolute atomic E-state index is 0.0465. The third-order valence-electron chi connectivity index (χ3n) is 4.94. The molecule has 1 saturated heterocycles. The number of amides is 1. The highest BCUT2D eigenvalue weighted by atomic mass is 16.5. The van der Waals surface area contributed by atoms with Crippen LogP contribution in [0.15, 0.2) is 53.1 Å². The summed E-state index contributed by atoms with van der Waals surface area (Å²) in [6.07, 6.45) is 0.354. The largest absolute Gasteiger partial charge is 0.497 e. The lowest BCUT2D eigenvalue weighted by Gasteiger charge is -2.16. The molecule has 2 aromatic carbocycles. The lowest BCUT2D eigenvalue weighted by atomic mass is 10.1. The van der Waals surface area contributed by atoms with E-state index < -0.39 is 0 Å². The van der Waals surface area contributed by atoms with E-state index in [0.717, 1.165) is 22.7 Å². The second-order valence-electron chi connectivity index (χ2n) is 7.00. The van der Waals surface area contributed by atoms with Crippen molar-refractivity contribution in [3.63, 3.8) is 0 Å². The fraction of sp³-hybridized carbons (Fsp3) is 0.286.